The Kier molecular flexibility index (Phi) is 6.21. The maximum Gasteiger partial charge on any atom is 0.404 e. The molecular weight excluding hydrogens is 429 g/mol. The van der Waals surface area contributed by atoms with E-state index < -0.39 is 18.8 Å². The minimum absolute atomic E-state index is 0.0109. The SMILES string of the molecule is CN1CCC(Nc2cccc3c2cc(-c2nc(COC(N)=O)no2)n3C(F)C(F)F)CC1. The van der Waals surface area contributed by atoms with Crippen LogP contribution in [0.4, 0.5) is 23.7 Å². The second-order valence-corrected chi connectivity index (χ2v) is 7.69. The Bertz CT molecular complexity index is 1090. The van der Waals surface area contributed by atoms with Crippen molar-refractivity contribution in [3.63, 3.8) is 0 Å². The van der Waals surface area contributed by atoms with Crippen LogP contribution in [-0.2, 0) is 11.3 Å². The quantitative estimate of drug-likeness (QED) is 0.564. The van der Waals surface area contributed by atoms with Crippen LogP contribution >= 0.6 is 0 Å². The first-order chi connectivity index (χ1) is 15.3. The number of rotatable bonds is 7. The molecule has 2 aromatic heterocycles. The van der Waals surface area contributed by atoms with E-state index in [1.54, 1.807) is 12.1 Å². The van der Waals surface area contributed by atoms with E-state index >= 15 is 0 Å². The normalized spacial score (nSPS) is 16.5. The van der Waals surface area contributed by atoms with Crippen LogP contribution in [0.1, 0.15) is 25.0 Å². The third kappa shape index (κ3) is 4.49. The third-order valence-electron chi connectivity index (χ3n) is 5.45. The number of ether oxygens (including phenoxy) is 1. The molecule has 1 atom stereocenters. The first-order valence-corrected chi connectivity index (χ1v) is 10.1. The highest BCUT2D eigenvalue weighted by Crippen LogP contribution is 2.37. The molecule has 1 aromatic carbocycles. The van der Waals surface area contributed by atoms with Crippen molar-refractivity contribution in [2.24, 2.45) is 5.73 Å². The zero-order valence-corrected chi connectivity index (χ0v) is 17.3. The number of anilines is 1. The number of fused-ring (bicyclic) bond motifs is 1. The van der Waals surface area contributed by atoms with E-state index in [1.807, 2.05) is 6.07 Å². The molecule has 9 nitrogen and oxygen atoms in total. The molecule has 172 valence electrons. The number of hydrogen-bond donors (Lipinski definition) is 2. The van der Waals surface area contributed by atoms with Crippen molar-refractivity contribution in [1.82, 2.24) is 19.6 Å². The molecule has 1 aliphatic heterocycles. The molecule has 1 aliphatic rings. The predicted molar refractivity (Wildman–Crippen MR) is 110 cm³/mol. The smallest absolute Gasteiger partial charge is 0.404 e. The highest BCUT2D eigenvalue weighted by atomic mass is 19.3. The van der Waals surface area contributed by atoms with Crippen LogP contribution in [0.5, 0.6) is 0 Å². The zero-order chi connectivity index (χ0) is 22.8. The summed E-state index contributed by atoms with van der Waals surface area (Å²) >= 11 is 0. The second-order valence-electron chi connectivity index (χ2n) is 7.69. The lowest BCUT2D eigenvalue weighted by atomic mass is 10.0. The molecule has 0 bridgehead atoms. The number of nitrogens with zero attached hydrogens (tertiary/aromatic N) is 4. The molecule has 0 saturated carbocycles. The summed E-state index contributed by atoms with van der Waals surface area (Å²) in [5, 5.41) is 7.65. The number of piperidine rings is 1. The van der Waals surface area contributed by atoms with E-state index in [1.165, 1.54) is 6.07 Å². The predicted octanol–water partition coefficient (Wildman–Crippen LogP) is 3.53. The van der Waals surface area contributed by atoms with Crippen molar-refractivity contribution in [2.45, 2.75) is 38.2 Å². The van der Waals surface area contributed by atoms with E-state index in [0.717, 1.165) is 30.5 Å². The molecule has 3 heterocycles. The lowest BCUT2D eigenvalue weighted by Gasteiger charge is -2.30. The Hall–Kier alpha value is -3.28. The summed E-state index contributed by atoms with van der Waals surface area (Å²) in [6.45, 7) is 1.52. The van der Waals surface area contributed by atoms with E-state index in [4.69, 9.17) is 10.3 Å². The summed E-state index contributed by atoms with van der Waals surface area (Å²) in [5.41, 5.74) is 5.87. The van der Waals surface area contributed by atoms with Gasteiger partial charge in [0.15, 0.2) is 6.61 Å². The fourth-order valence-electron chi connectivity index (χ4n) is 3.85. The largest absolute Gasteiger partial charge is 0.441 e. The van der Waals surface area contributed by atoms with Gasteiger partial charge in [0.2, 0.25) is 12.1 Å². The molecule has 1 unspecified atom stereocenters. The number of aromatic nitrogens is 3. The molecule has 0 spiro atoms. The maximum absolute atomic E-state index is 14.7. The van der Waals surface area contributed by atoms with E-state index in [0.29, 0.717) is 11.1 Å². The number of nitrogens with two attached hydrogens (primary N) is 1. The molecule has 32 heavy (non-hydrogen) atoms. The van der Waals surface area contributed by atoms with Gasteiger partial charge in [0, 0.05) is 17.1 Å². The Morgan fingerprint density at radius 2 is 2.09 bits per heavy atom. The molecule has 12 heteroatoms. The average Bonchev–Trinajstić information content (AvgIpc) is 3.38. The number of carbonyl (C=O) groups is 1. The monoisotopic (exact) mass is 452 g/mol. The zero-order valence-electron chi connectivity index (χ0n) is 17.3. The van der Waals surface area contributed by atoms with Crippen LogP contribution in [-0.4, -0.2) is 58.3 Å². The molecular formula is C20H23F3N6O3. The molecule has 0 aliphatic carbocycles. The van der Waals surface area contributed by atoms with E-state index in [9.17, 15) is 18.0 Å². The summed E-state index contributed by atoms with van der Waals surface area (Å²) in [4.78, 5) is 17.0. The minimum atomic E-state index is -3.27. The van der Waals surface area contributed by atoms with Crippen molar-refractivity contribution in [2.75, 3.05) is 25.5 Å². The Morgan fingerprint density at radius 1 is 1.34 bits per heavy atom. The van der Waals surface area contributed by atoms with Gasteiger partial charge in [-0.25, -0.2) is 18.0 Å². The van der Waals surface area contributed by atoms with Gasteiger partial charge in [-0.05, 0) is 51.2 Å². The first kappa shape index (κ1) is 21.9. The van der Waals surface area contributed by atoms with Gasteiger partial charge in [-0.1, -0.05) is 11.2 Å². The topological polar surface area (TPSA) is 111 Å². The van der Waals surface area contributed by atoms with Gasteiger partial charge < -0.3 is 29.8 Å². The lowest BCUT2D eigenvalue weighted by Crippen LogP contribution is -2.36. The number of carbonyl (C=O) groups excluding carboxylic acids is 1. The van der Waals surface area contributed by atoms with Crippen molar-refractivity contribution in [3.05, 3.63) is 30.1 Å². The van der Waals surface area contributed by atoms with Crippen molar-refractivity contribution in [3.8, 4) is 11.6 Å². The Balaban J connectivity index is 1.73. The molecule has 1 amide bonds. The number of primary amides is 1. The summed E-state index contributed by atoms with van der Waals surface area (Å²) in [7, 11) is 2.06. The number of hydrogen-bond acceptors (Lipinski definition) is 7. The Labute approximate surface area is 181 Å². The number of nitrogens with one attached hydrogen (secondary N) is 1. The van der Waals surface area contributed by atoms with Crippen molar-refractivity contribution >= 4 is 22.7 Å². The van der Waals surface area contributed by atoms with Gasteiger partial charge in [0.05, 0.1) is 5.52 Å². The molecule has 4 rings (SSSR count). The van der Waals surface area contributed by atoms with Crippen LogP contribution in [0.3, 0.4) is 0 Å². The minimum Gasteiger partial charge on any atom is -0.441 e. The first-order valence-electron chi connectivity index (χ1n) is 10.1. The standard InChI is InChI=1S/C20H23F3N6O3/c1-28-7-5-11(6-8-28)25-13-3-2-4-14-12(13)9-15(29(14)18(23)17(21)22)19-26-16(27-32-19)10-31-20(24)30/h2-4,9,11,17-18,25H,5-8,10H2,1H3,(H2,24,30). The molecule has 3 N–H and O–H groups in total. The number of amides is 1. The summed E-state index contributed by atoms with van der Waals surface area (Å²) in [5.74, 6) is -0.217. The second kappa shape index (κ2) is 9.07. The number of benzene rings is 1. The van der Waals surface area contributed by atoms with Gasteiger partial charge >= 0.3 is 6.09 Å². The van der Waals surface area contributed by atoms with Crippen molar-refractivity contribution < 1.29 is 27.2 Å². The average molecular weight is 452 g/mol. The lowest BCUT2D eigenvalue weighted by molar-refractivity contribution is 0.0113. The van der Waals surface area contributed by atoms with Crippen molar-refractivity contribution in [1.29, 1.82) is 0 Å². The van der Waals surface area contributed by atoms with Crippen LogP contribution < -0.4 is 11.1 Å². The van der Waals surface area contributed by atoms with Gasteiger partial charge in [-0.15, -0.1) is 0 Å². The third-order valence-corrected chi connectivity index (χ3v) is 5.45. The fourth-order valence-corrected chi connectivity index (χ4v) is 3.85. The van der Waals surface area contributed by atoms with Gasteiger partial charge in [0.1, 0.15) is 5.69 Å². The fraction of sp³-hybridized carbons (Fsp3) is 0.450. The van der Waals surface area contributed by atoms with Crippen LogP contribution in [0.15, 0.2) is 28.8 Å². The van der Waals surface area contributed by atoms with Gasteiger partial charge in [-0.3, -0.25) is 0 Å². The number of likely N-dealkylation sites (tertiary alicyclic amines) is 1. The highest BCUT2D eigenvalue weighted by molar-refractivity contribution is 5.96. The molecule has 1 fully saturated rings. The number of halogens is 3. The number of alkyl halides is 3. The van der Waals surface area contributed by atoms with E-state index in [2.05, 4.69) is 32.1 Å². The van der Waals surface area contributed by atoms with Crippen LogP contribution in [0, 0.1) is 0 Å². The summed E-state index contributed by atoms with van der Waals surface area (Å²) in [6.07, 6.45) is -5.07. The summed E-state index contributed by atoms with van der Waals surface area (Å²) in [6, 6.07) is 6.80. The molecule has 0 radical (unpaired) electrons. The Morgan fingerprint density at radius 3 is 2.78 bits per heavy atom. The summed E-state index contributed by atoms with van der Waals surface area (Å²) < 4.78 is 52.0. The van der Waals surface area contributed by atoms with Gasteiger partial charge in [0.25, 0.3) is 12.3 Å². The van der Waals surface area contributed by atoms with E-state index in [-0.39, 0.29) is 35.6 Å². The molecule has 3 aromatic rings. The van der Waals surface area contributed by atoms with Crippen LogP contribution in [0.25, 0.3) is 22.5 Å². The van der Waals surface area contributed by atoms with Crippen LogP contribution in [0.2, 0.25) is 0 Å². The molecule has 1 saturated heterocycles. The maximum atomic E-state index is 14.7. The van der Waals surface area contributed by atoms with Gasteiger partial charge in [-0.2, -0.15) is 4.98 Å². The highest BCUT2D eigenvalue weighted by Gasteiger charge is 2.29.